The van der Waals surface area contributed by atoms with Crippen LogP contribution in [0.1, 0.15) is 12.5 Å². The molecule has 0 aliphatic heterocycles. The van der Waals surface area contributed by atoms with E-state index in [-0.39, 0.29) is 16.5 Å². The maximum absolute atomic E-state index is 13.0. The van der Waals surface area contributed by atoms with Gasteiger partial charge in [-0.05, 0) is 30.7 Å². The van der Waals surface area contributed by atoms with Crippen LogP contribution >= 0.6 is 11.6 Å². The number of sulfonamides is 1. The highest BCUT2D eigenvalue weighted by atomic mass is 35.5. The summed E-state index contributed by atoms with van der Waals surface area (Å²) in [5.41, 5.74) is -0.816. The summed E-state index contributed by atoms with van der Waals surface area (Å²) in [5, 5.41) is 10.2. The second-order valence-electron chi connectivity index (χ2n) is 5.04. The fraction of sp³-hybridized carbons (Fsp3) is 0.200. The van der Waals surface area contributed by atoms with E-state index < -0.39 is 21.4 Å². The zero-order valence-corrected chi connectivity index (χ0v) is 13.3. The highest BCUT2D eigenvalue weighted by Gasteiger charge is 2.27. The smallest absolute Gasteiger partial charge is 0.242 e. The summed E-state index contributed by atoms with van der Waals surface area (Å²) in [7, 11) is -3.96. The van der Waals surface area contributed by atoms with Crippen LogP contribution in [-0.4, -0.2) is 20.1 Å². The highest BCUT2D eigenvalue weighted by Crippen LogP contribution is 2.24. The van der Waals surface area contributed by atoms with E-state index >= 15 is 0 Å². The summed E-state index contributed by atoms with van der Waals surface area (Å²) in [6.45, 7) is 1.25. The van der Waals surface area contributed by atoms with E-state index in [0.29, 0.717) is 5.56 Å². The van der Waals surface area contributed by atoms with Crippen molar-refractivity contribution in [1.82, 2.24) is 4.72 Å². The molecule has 2 aromatic carbocycles. The van der Waals surface area contributed by atoms with Crippen LogP contribution in [-0.2, 0) is 15.6 Å². The van der Waals surface area contributed by atoms with Gasteiger partial charge in [0, 0.05) is 6.54 Å². The zero-order chi connectivity index (χ0) is 16.4. The van der Waals surface area contributed by atoms with E-state index in [2.05, 4.69) is 4.72 Å². The minimum atomic E-state index is -3.96. The molecule has 118 valence electrons. The summed E-state index contributed by atoms with van der Waals surface area (Å²) in [6.07, 6.45) is 0. The van der Waals surface area contributed by atoms with Crippen LogP contribution in [0.2, 0.25) is 5.02 Å². The third-order valence-electron chi connectivity index (χ3n) is 3.19. The second-order valence-corrected chi connectivity index (χ2v) is 7.18. The Labute approximate surface area is 133 Å². The molecule has 2 rings (SSSR count). The van der Waals surface area contributed by atoms with Gasteiger partial charge >= 0.3 is 0 Å². The van der Waals surface area contributed by atoms with Gasteiger partial charge in [0.1, 0.15) is 16.3 Å². The molecule has 4 nitrogen and oxygen atoms in total. The molecule has 0 aliphatic carbocycles. The standard InChI is InChI=1S/C15H15ClFNO3S/c1-15(19,11-5-3-2-4-6-11)10-18-22(20,21)14-8-7-12(17)9-13(14)16/h2-9,18-19H,10H2,1H3. The Balaban J connectivity index is 2.19. The van der Waals surface area contributed by atoms with Crippen molar-refractivity contribution in [3.05, 3.63) is 64.9 Å². The van der Waals surface area contributed by atoms with Crippen LogP contribution < -0.4 is 4.72 Å². The van der Waals surface area contributed by atoms with Crippen molar-refractivity contribution in [1.29, 1.82) is 0 Å². The highest BCUT2D eigenvalue weighted by molar-refractivity contribution is 7.89. The number of hydrogen-bond acceptors (Lipinski definition) is 3. The summed E-state index contributed by atoms with van der Waals surface area (Å²) in [4.78, 5) is -0.237. The predicted molar refractivity (Wildman–Crippen MR) is 82.6 cm³/mol. The van der Waals surface area contributed by atoms with Crippen LogP contribution in [0.15, 0.2) is 53.4 Å². The topological polar surface area (TPSA) is 66.4 Å². The van der Waals surface area contributed by atoms with Crippen LogP contribution in [0.25, 0.3) is 0 Å². The number of aliphatic hydroxyl groups is 1. The quantitative estimate of drug-likeness (QED) is 0.877. The minimum Gasteiger partial charge on any atom is -0.384 e. The van der Waals surface area contributed by atoms with Gasteiger partial charge in [-0.25, -0.2) is 17.5 Å². The van der Waals surface area contributed by atoms with E-state index in [1.54, 1.807) is 30.3 Å². The van der Waals surface area contributed by atoms with E-state index in [4.69, 9.17) is 11.6 Å². The van der Waals surface area contributed by atoms with Gasteiger partial charge < -0.3 is 5.11 Å². The predicted octanol–water partition coefficient (Wildman–Crippen LogP) is 2.67. The van der Waals surface area contributed by atoms with Crippen LogP contribution in [0.5, 0.6) is 0 Å². The number of rotatable bonds is 5. The minimum absolute atomic E-state index is 0.216. The van der Waals surface area contributed by atoms with Gasteiger partial charge in [0.05, 0.1) is 5.02 Å². The monoisotopic (exact) mass is 343 g/mol. The molecule has 7 heteroatoms. The molecular weight excluding hydrogens is 329 g/mol. The van der Waals surface area contributed by atoms with Crippen LogP contribution in [0.3, 0.4) is 0 Å². The lowest BCUT2D eigenvalue weighted by atomic mass is 9.97. The average molecular weight is 344 g/mol. The van der Waals surface area contributed by atoms with Gasteiger partial charge in [-0.15, -0.1) is 0 Å². The van der Waals surface area contributed by atoms with Crippen molar-refractivity contribution in [3.8, 4) is 0 Å². The molecule has 0 aliphatic rings. The Bertz CT molecular complexity index is 764. The average Bonchev–Trinajstić information content (AvgIpc) is 2.46. The maximum atomic E-state index is 13.0. The summed E-state index contributed by atoms with van der Waals surface area (Å²) in [5.74, 6) is -0.625. The van der Waals surface area contributed by atoms with Crippen molar-refractivity contribution >= 4 is 21.6 Å². The molecule has 0 saturated heterocycles. The summed E-state index contributed by atoms with van der Waals surface area (Å²) >= 11 is 5.76. The van der Waals surface area contributed by atoms with E-state index in [9.17, 15) is 17.9 Å². The molecule has 0 radical (unpaired) electrons. The Morgan fingerprint density at radius 3 is 2.45 bits per heavy atom. The van der Waals surface area contributed by atoms with Gasteiger partial charge in [-0.3, -0.25) is 0 Å². The molecule has 0 amide bonds. The van der Waals surface area contributed by atoms with Crippen molar-refractivity contribution in [2.24, 2.45) is 0 Å². The van der Waals surface area contributed by atoms with Crippen LogP contribution in [0, 0.1) is 5.82 Å². The molecule has 0 bridgehead atoms. The molecular formula is C15H15ClFNO3S. The lowest BCUT2D eigenvalue weighted by Gasteiger charge is -2.24. The van der Waals surface area contributed by atoms with Gasteiger partial charge in [-0.2, -0.15) is 0 Å². The van der Waals surface area contributed by atoms with Crippen molar-refractivity contribution in [2.75, 3.05) is 6.54 Å². The number of benzene rings is 2. The van der Waals surface area contributed by atoms with Gasteiger partial charge in [0.2, 0.25) is 10.0 Å². The summed E-state index contributed by atoms with van der Waals surface area (Å²) in [6, 6.07) is 11.7. The maximum Gasteiger partial charge on any atom is 0.242 e. The molecule has 22 heavy (non-hydrogen) atoms. The number of hydrogen-bond donors (Lipinski definition) is 2. The summed E-state index contributed by atoms with van der Waals surface area (Å²) < 4.78 is 39.7. The van der Waals surface area contributed by atoms with Crippen molar-refractivity contribution < 1.29 is 17.9 Å². The first-order chi connectivity index (χ1) is 10.2. The zero-order valence-electron chi connectivity index (χ0n) is 11.8. The van der Waals surface area contributed by atoms with Gasteiger partial charge in [0.15, 0.2) is 0 Å². The van der Waals surface area contributed by atoms with Crippen LogP contribution in [0.4, 0.5) is 4.39 Å². The Kier molecular flexibility index (Phi) is 4.87. The third kappa shape index (κ3) is 3.84. The lowest BCUT2D eigenvalue weighted by molar-refractivity contribution is 0.0627. The molecule has 1 atom stereocenters. The first-order valence-electron chi connectivity index (χ1n) is 6.45. The SMILES string of the molecule is CC(O)(CNS(=O)(=O)c1ccc(F)cc1Cl)c1ccccc1. The molecule has 2 N–H and O–H groups in total. The third-order valence-corrected chi connectivity index (χ3v) is 5.07. The van der Waals surface area contributed by atoms with Gasteiger partial charge in [0.25, 0.3) is 0 Å². The lowest BCUT2D eigenvalue weighted by Crippen LogP contribution is -2.38. The normalized spacial score (nSPS) is 14.5. The molecule has 0 heterocycles. The Hall–Kier alpha value is -1.47. The molecule has 1 unspecified atom stereocenters. The second kappa shape index (κ2) is 6.34. The van der Waals surface area contributed by atoms with E-state index in [0.717, 1.165) is 18.2 Å². The molecule has 0 fully saturated rings. The van der Waals surface area contributed by atoms with Crippen molar-refractivity contribution in [3.63, 3.8) is 0 Å². The van der Waals surface area contributed by atoms with Crippen molar-refractivity contribution in [2.45, 2.75) is 17.4 Å². The molecule has 0 aromatic heterocycles. The molecule has 0 spiro atoms. The van der Waals surface area contributed by atoms with E-state index in [1.165, 1.54) is 6.92 Å². The Morgan fingerprint density at radius 1 is 1.23 bits per heavy atom. The number of halogens is 2. The molecule has 2 aromatic rings. The fourth-order valence-electron chi connectivity index (χ4n) is 1.91. The fourth-order valence-corrected chi connectivity index (χ4v) is 3.57. The largest absolute Gasteiger partial charge is 0.384 e. The van der Waals surface area contributed by atoms with Gasteiger partial charge in [-0.1, -0.05) is 41.9 Å². The molecule has 0 saturated carbocycles. The Morgan fingerprint density at radius 2 is 1.86 bits per heavy atom. The number of nitrogens with one attached hydrogen (secondary N) is 1. The van der Waals surface area contributed by atoms with E-state index in [1.807, 2.05) is 0 Å². The first-order valence-corrected chi connectivity index (χ1v) is 8.31. The first kappa shape index (κ1) is 16.9.